The quantitative estimate of drug-likeness (QED) is 0.822. The van der Waals surface area contributed by atoms with Crippen LogP contribution in [0.5, 0.6) is 0 Å². The number of hydrogen-bond acceptors (Lipinski definition) is 3. The highest BCUT2D eigenvalue weighted by atomic mass is 79.9. The van der Waals surface area contributed by atoms with Crippen molar-refractivity contribution in [1.82, 2.24) is 4.31 Å². The van der Waals surface area contributed by atoms with Gasteiger partial charge in [0.2, 0.25) is 10.0 Å². The van der Waals surface area contributed by atoms with Crippen molar-refractivity contribution in [2.24, 2.45) is 5.92 Å². The predicted molar refractivity (Wildman–Crippen MR) is 89.7 cm³/mol. The molecule has 118 valence electrons. The Labute approximate surface area is 135 Å². The van der Waals surface area contributed by atoms with Gasteiger partial charge in [0.05, 0.1) is 4.90 Å². The van der Waals surface area contributed by atoms with Crippen molar-refractivity contribution in [3.05, 3.63) is 22.2 Å². The van der Waals surface area contributed by atoms with E-state index in [1.54, 1.807) is 26.1 Å². The largest absolute Gasteiger partial charge is 0.398 e. The van der Waals surface area contributed by atoms with Gasteiger partial charge in [-0.25, -0.2) is 8.42 Å². The summed E-state index contributed by atoms with van der Waals surface area (Å²) in [6.07, 6.45) is 4.14. The van der Waals surface area contributed by atoms with Gasteiger partial charge >= 0.3 is 0 Å². The van der Waals surface area contributed by atoms with E-state index in [1.165, 1.54) is 10.7 Å². The Morgan fingerprint density at radius 3 is 2.62 bits per heavy atom. The number of nitrogens with two attached hydrogens (primary N) is 1. The van der Waals surface area contributed by atoms with Gasteiger partial charge in [-0.15, -0.1) is 0 Å². The van der Waals surface area contributed by atoms with E-state index in [-0.39, 0.29) is 6.04 Å². The number of sulfonamides is 1. The van der Waals surface area contributed by atoms with Gasteiger partial charge in [-0.05, 0) is 43.4 Å². The second-order valence-electron chi connectivity index (χ2n) is 6.07. The van der Waals surface area contributed by atoms with E-state index < -0.39 is 10.0 Å². The van der Waals surface area contributed by atoms with E-state index in [9.17, 15) is 8.42 Å². The Balaban J connectivity index is 2.37. The molecule has 2 atom stereocenters. The van der Waals surface area contributed by atoms with Crippen molar-refractivity contribution in [3.8, 4) is 0 Å². The topological polar surface area (TPSA) is 63.4 Å². The Bertz CT molecular complexity index is 631. The molecule has 0 amide bonds. The van der Waals surface area contributed by atoms with E-state index in [0.717, 1.165) is 19.3 Å². The zero-order valence-corrected chi connectivity index (χ0v) is 15.2. The molecular weight excluding hydrogens is 352 g/mol. The first-order chi connectivity index (χ1) is 9.73. The Morgan fingerprint density at radius 2 is 2.00 bits per heavy atom. The van der Waals surface area contributed by atoms with Gasteiger partial charge in [0.15, 0.2) is 0 Å². The molecular formula is C15H23BrN2O2S. The molecule has 6 heteroatoms. The average molecular weight is 375 g/mol. The fraction of sp³-hybridized carbons (Fsp3) is 0.600. The first-order valence-corrected chi connectivity index (χ1v) is 9.50. The minimum Gasteiger partial charge on any atom is -0.398 e. The summed E-state index contributed by atoms with van der Waals surface area (Å²) in [5.41, 5.74) is 7.02. The van der Waals surface area contributed by atoms with Gasteiger partial charge in [0, 0.05) is 23.2 Å². The Kier molecular flexibility index (Phi) is 5.00. The van der Waals surface area contributed by atoms with Crippen molar-refractivity contribution < 1.29 is 8.42 Å². The number of benzene rings is 1. The highest BCUT2D eigenvalue weighted by molar-refractivity contribution is 9.10. The maximum absolute atomic E-state index is 12.9. The van der Waals surface area contributed by atoms with Crippen LogP contribution in [0.2, 0.25) is 0 Å². The number of rotatable bonds is 3. The third kappa shape index (κ3) is 3.43. The van der Waals surface area contributed by atoms with Crippen LogP contribution in [0.4, 0.5) is 5.69 Å². The summed E-state index contributed by atoms with van der Waals surface area (Å²) in [7, 11) is -1.83. The number of halogens is 1. The van der Waals surface area contributed by atoms with Crippen molar-refractivity contribution in [2.75, 3.05) is 12.8 Å². The van der Waals surface area contributed by atoms with Crippen LogP contribution >= 0.6 is 15.9 Å². The summed E-state index contributed by atoms with van der Waals surface area (Å²) in [6.45, 7) is 3.95. The molecule has 1 aromatic carbocycles. The molecule has 0 spiro atoms. The smallest absolute Gasteiger partial charge is 0.243 e. The molecule has 1 saturated carbocycles. The van der Waals surface area contributed by atoms with E-state index in [2.05, 4.69) is 22.9 Å². The SMILES string of the molecule is Cc1c(N)cc(Br)cc1S(=O)(=O)N(C)C1CCCC(C)C1. The van der Waals surface area contributed by atoms with Gasteiger partial charge in [0.25, 0.3) is 0 Å². The molecule has 1 fully saturated rings. The van der Waals surface area contributed by atoms with Crippen LogP contribution in [0.25, 0.3) is 0 Å². The lowest BCUT2D eigenvalue weighted by molar-refractivity contribution is 0.239. The molecule has 0 heterocycles. The third-order valence-electron chi connectivity index (χ3n) is 4.44. The lowest BCUT2D eigenvalue weighted by atomic mass is 9.87. The summed E-state index contributed by atoms with van der Waals surface area (Å²) in [5.74, 6) is 0.579. The Hall–Kier alpha value is -0.590. The lowest BCUT2D eigenvalue weighted by Gasteiger charge is -2.33. The molecule has 0 aromatic heterocycles. The summed E-state index contributed by atoms with van der Waals surface area (Å²) < 4.78 is 28.1. The van der Waals surface area contributed by atoms with E-state index in [4.69, 9.17) is 5.73 Å². The van der Waals surface area contributed by atoms with Crippen LogP contribution in [-0.4, -0.2) is 25.8 Å². The van der Waals surface area contributed by atoms with Crippen molar-refractivity contribution in [1.29, 1.82) is 0 Å². The number of nitrogen functional groups attached to an aromatic ring is 1. The van der Waals surface area contributed by atoms with Crippen LogP contribution in [0.3, 0.4) is 0 Å². The van der Waals surface area contributed by atoms with Crippen molar-refractivity contribution in [2.45, 2.75) is 50.5 Å². The standard InChI is InChI=1S/C15H23BrN2O2S/c1-10-5-4-6-13(7-10)18(3)21(19,20)15-9-12(16)8-14(17)11(15)2/h8-10,13H,4-7,17H2,1-3H3. The minimum absolute atomic E-state index is 0.0818. The lowest BCUT2D eigenvalue weighted by Crippen LogP contribution is -2.40. The summed E-state index contributed by atoms with van der Waals surface area (Å²) in [6, 6.07) is 3.46. The molecule has 1 aromatic rings. The second-order valence-corrected chi connectivity index (χ2v) is 8.95. The maximum atomic E-state index is 12.9. The van der Waals surface area contributed by atoms with Gasteiger partial charge < -0.3 is 5.73 Å². The molecule has 21 heavy (non-hydrogen) atoms. The van der Waals surface area contributed by atoms with Gasteiger partial charge in [-0.2, -0.15) is 4.31 Å². The van der Waals surface area contributed by atoms with Crippen LogP contribution in [0.1, 0.15) is 38.2 Å². The molecule has 4 nitrogen and oxygen atoms in total. The normalized spacial score (nSPS) is 23.5. The van der Waals surface area contributed by atoms with Crippen LogP contribution in [0, 0.1) is 12.8 Å². The zero-order chi connectivity index (χ0) is 15.8. The first-order valence-electron chi connectivity index (χ1n) is 7.27. The number of anilines is 1. The third-order valence-corrected chi connectivity index (χ3v) is 6.94. The van der Waals surface area contributed by atoms with Crippen molar-refractivity contribution >= 4 is 31.6 Å². The molecule has 0 radical (unpaired) electrons. The molecule has 1 aliphatic rings. The molecule has 0 bridgehead atoms. The van der Waals surface area contributed by atoms with Gasteiger partial charge in [0.1, 0.15) is 0 Å². The highest BCUT2D eigenvalue weighted by Gasteiger charge is 2.32. The van der Waals surface area contributed by atoms with Gasteiger partial charge in [-0.3, -0.25) is 0 Å². The number of nitrogens with zero attached hydrogens (tertiary/aromatic N) is 1. The Morgan fingerprint density at radius 1 is 1.33 bits per heavy atom. The monoisotopic (exact) mass is 374 g/mol. The molecule has 2 unspecified atom stereocenters. The van der Waals surface area contributed by atoms with E-state index in [0.29, 0.717) is 26.5 Å². The molecule has 1 aliphatic carbocycles. The zero-order valence-electron chi connectivity index (χ0n) is 12.8. The molecule has 0 aliphatic heterocycles. The fourth-order valence-electron chi connectivity index (χ4n) is 3.03. The van der Waals surface area contributed by atoms with E-state index >= 15 is 0 Å². The maximum Gasteiger partial charge on any atom is 0.243 e. The summed E-state index contributed by atoms with van der Waals surface area (Å²) >= 11 is 3.33. The van der Waals surface area contributed by atoms with Crippen LogP contribution in [-0.2, 0) is 10.0 Å². The first kappa shape index (κ1) is 16.8. The second kappa shape index (κ2) is 6.26. The summed E-state index contributed by atoms with van der Waals surface area (Å²) in [4.78, 5) is 0.301. The molecule has 2 N–H and O–H groups in total. The van der Waals surface area contributed by atoms with E-state index in [1.807, 2.05) is 0 Å². The van der Waals surface area contributed by atoms with Crippen molar-refractivity contribution in [3.63, 3.8) is 0 Å². The predicted octanol–water partition coefficient (Wildman–Crippen LogP) is 3.54. The number of hydrogen-bond donors (Lipinski definition) is 1. The summed E-state index contributed by atoms with van der Waals surface area (Å²) in [5, 5.41) is 0. The average Bonchev–Trinajstić information content (AvgIpc) is 2.41. The molecule has 0 saturated heterocycles. The minimum atomic E-state index is -3.51. The van der Waals surface area contributed by atoms with Crippen LogP contribution in [0.15, 0.2) is 21.5 Å². The fourth-order valence-corrected chi connectivity index (χ4v) is 5.33. The van der Waals surface area contributed by atoms with Gasteiger partial charge in [-0.1, -0.05) is 35.7 Å². The highest BCUT2D eigenvalue weighted by Crippen LogP contribution is 2.33. The molecule has 2 rings (SSSR count). The van der Waals surface area contributed by atoms with Crippen LogP contribution < -0.4 is 5.73 Å².